The minimum Gasteiger partial charge on any atom is -0.370 e. The molecule has 2 aliphatic heterocycles. The van der Waals surface area contributed by atoms with E-state index in [1.807, 2.05) is 21.8 Å². The Morgan fingerprint density at radius 3 is 2.91 bits per heavy atom. The van der Waals surface area contributed by atoms with Gasteiger partial charge < -0.3 is 9.64 Å². The summed E-state index contributed by atoms with van der Waals surface area (Å²) in [6.07, 6.45) is 10.3. The topological polar surface area (TPSA) is 47.4 Å². The molecule has 0 aliphatic carbocycles. The van der Waals surface area contributed by atoms with Gasteiger partial charge >= 0.3 is 0 Å². The molecule has 1 amide bonds. The first kappa shape index (κ1) is 15.3. The monoisotopic (exact) mass is 303 g/mol. The Bertz CT molecular complexity index is 528. The van der Waals surface area contributed by atoms with E-state index in [-0.39, 0.29) is 11.5 Å². The van der Waals surface area contributed by atoms with Crippen LogP contribution in [0.15, 0.2) is 30.1 Å². The van der Waals surface area contributed by atoms with Gasteiger partial charge in [-0.25, -0.2) is 0 Å². The number of piperidine rings is 1. The van der Waals surface area contributed by atoms with E-state index in [1.165, 1.54) is 5.57 Å². The largest absolute Gasteiger partial charge is 0.370 e. The summed E-state index contributed by atoms with van der Waals surface area (Å²) in [5, 5.41) is 4.16. The van der Waals surface area contributed by atoms with E-state index in [2.05, 4.69) is 18.1 Å². The molecule has 22 heavy (non-hydrogen) atoms. The van der Waals surface area contributed by atoms with Crippen LogP contribution in [0.25, 0.3) is 0 Å². The van der Waals surface area contributed by atoms with Crippen molar-refractivity contribution in [2.45, 2.75) is 51.2 Å². The van der Waals surface area contributed by atoms with Crippen LogP contribution in [-0.2, 0) is 16.1 Å². The second kappa shape index (κ2) is 6.65. The molecule has 0 saturated carbocycles. The maximum atomic E-state index is 12.3. The Morgan fingerprint density at radius 1 is 1.41 bits per heavy atom. The van der Waals surface area contributed by atoms with E-state index < -0.39 is 0 Å². The van der Waals surface area contributed by atoms with Crippen LogP contribution < -0.4 is 0 Å². The number of hydrogen-bond acceptors (Lipinski definition) is 3. The summed E-state index contributed by atoms with van der Waals surface area (Å²) in [5.41, 5.74) is 1.32. The van der Waals surface area contributed by atoms with Gasteiger partial charge in [0, 0.05) is 38.4 Å². The zero-order valence-corrected chi connectivity index (χ0v) is 13.3. The van der Waals surface area contributed by atoms with Crippen LogP contribution in [0.1, 0.15) is 39.0 Å². The number of aryl methyl sites for hydroxylation is 1. The molecular formula is C17H25N3O2. The van der Waals surface area contributed by atoms with E-state index in [0.717, 1.165) is 51.9 Å². The summed E-state index contributed by atoms with van der Waals surface area (Å²) in [6, 6.07) is 1.91. The van der Waals surface area contributed by atoms with Gasteiger partial charge in [0.05, 0.1) is 12.2 Å². The first-order valence-corrected chi connectivity index (χ1v) is 8.24. The summed E-state index contributed by atoms with van der Waals surface area (Å²) in [7, 11) is 0. The van der Waals surface area contributed by atoms with Crippen molar-refractivity contribution in [1.29, 1.82) is 0 Å². The van der Waals surface area contributed by atoms with Crippen LogP contribution in [0.2, 0.25) is 0 Å². The Hall–Kier alpha value is -1.62. The fourth-order valence-corrected chi connectivity index (χ4v) is 3.38. The average Bonchev–Trinajstić information content (AvgIpc) is 3.01. The first-order valence-electron chi connectivity index (χ1n) is 8.24. The van der Waals surface area contributed by atoms with Crippen LogP contribution in [0.3, 0.4) is 0 Å². The van der Waals surface area contributed by atoms with Crippen molar-refractivity contribution in [1.82, 2.24) is 14.7 Å². The van der Waals surface area contributed by atoms with Crippen molar-refractivity contribution < 1.29 is 9.53 Å². The molecule has 0 atom stereocenters. The molecule has 1 aromatic rings. The molecule has 0 bridgehead atoms. The Morgan fingerprint density at radius 2 is 2.23 bits per heavy atom. The third kappa shape index (κ3) is 3.58. The lowest BCUT2D eigenvalue weighted by Crippen LogP contribution is -2.48. The molecule has 0 radical (unpaired) electrons. The minimum atomic E-state index is -0.103. The zero-order valence-electron chi connectivity index (χ0n) is 13.3. The van der Waals surface area contributed by atoms with Gasteiger partial charge in [0.25, 0.3) is 0 Å². The molecule has 5 nitrogen and oxygen atoms in total. The van der Waals surface area contributed by atoms with Crippen molar-refractivity contribution >= 4 is 5.91 Å². The van der Waals surface area contributed by atoms with E-state index in [0.29, 0.717) is 6.42 Å². The van der Waals surface area contributed by atoms with E-state index in [4.69, 9.17) is 4.74 Å². The lowest BCUT2D eigenvalue weighted by molar-refractivity contribution is -0.136. The average molecular weight is 303 g/mol. The number of aromatic nitrogens is 2. The van der Waals surface area contributed by atoms with Crippen LogP contribution in [-0.4, -0.2) is 45.9 Å². The third-order valence-electron chi connectivity index (χ3n) is 4.69. The standard InChI is InChI=1S/C17H25N3O2/c1-15-5-13-22-17(14-15)6-11-19(12-7-17)16(21)4-2-9-20-10-3-8-18-20/h3,8,10,14H,2,4-7,9,11-13H2,1H3. The van der Waals surface area contributed by atoms with Gasteiger partial charge in [-0.3, -0.25) is 9.48 Å². The molecule has 0 aromatic carbocycles. The second-order valence-electron chi connectivity index (χ2n) is 6.41. The maximum absolute atomic E-state index is 12.3. The molecule has 5 heteroatoms. The molecule has 0 unspecified atom stereocenters. The van der Waals surface area contributed by atoms with E-state index in [1.54, 1.807) is 6.20 Å². The van der Waals surface area contributed by atoms with Crippen molar-refractivity contribution in [2.75, 3.05) is 19.7 Å². The zero-order chi connectivity index (χ0) is 15.4. The molecule has 3 rings (SSSR count). The maximum Gasteiger partial charge on any atom is 0.222 e. The number of amides is 1. The smallest absolute Gasteiger partial charge is 0.222 e. The lowest BCUT2D eigenvalue weighted by Gasteiger charge is -2.42. The van der Waals surface area contributed by atoms with Gasteiger partial charge in [0.1, 0.15) is 0 Å². The van der Waals surface area contributed by atoms with Crippen molar-refractivity contribution in [2.24, 2.45) is 0 Å². The van der Waals surface area contributed by atoms with Gasteiger partial charge in [-0.2, -0.15) is 5.10 Å². The first-order chi connectivity index (χ1) is 10.7. The lowest BCUT2D eigenvalue weighted by atomic mass is 9.87. The molecule has 1 aromatic heterocycles. The Kier molecular flexibility index (Phi) is 4.62. The van der Waals surface area contributed by atoms with Crippen LogP contribution in [0.4, 0.5) is 0 Å². The van der Waals surface area contributed by atoms with E-state index >= 15 is 0 Å². The normalized spacial score (nSPS) is 21.0. The second-order valence-corrected chi connectivity index (χ2v) is 6.41. The highest BCUT2D eigenvalue weighted by Crippen LogP contribution is 2.33. The molecule has 1 fully saturated rings. The number of likely N-dealkylation sites (tertiary alicyclic amines) is 1. The van der Waals surface area contributed by atoms with Crippen molar-refractivity contribution in [3.8, 4) is 0 Å². The quantitative estimate of drug-likeness (QED) is 0.802. The SMILES string of the molecule is CC1=CC2(CCN(C(=O)CCCn3cccn3)CC2)OCC1. The number of rotatable bonds is 4. The summed E-state index contributed by atoms with van der Waals surface area (Å²) >= 11 is 0. The highest BCUT2D eigenvalue weighted by molar-refractivity contribution is 5.76. The fourth-order valence-electron chi connectivity index (χ4n) is 3.38. The summed E-state index contributed by atoms with van der Waals surface area (Å²) in [4.78, 5) is 14.3. The van der Waals surface area contributed by atoms with Crippen LogP contribution >= 0.6 is 0 Å². The Balaban J connectivity index is 1.44. The highest BCUT2D eigenvalue weighted by Gasteiger charge is 2.36. The summed E-state index contributed by atoms with van der Waals surface area (Å²) in [6.45, 7) is 5.42. The molecule has 2 aliphatic rings. The molecule has 3 heterocycles. The molecular weight excluding hydrogens is 278 g/mol. The van der Waals surface area contributed by atoms with Gasteiger partial charge in [-0.05, 0) is 38.7 Å². The number of carbonyl (C=O) groups excluding carboxylic acids is 1. The highest BCUT2D eigenvalue weighted by atomic mass is 16.5. The Labute approximate surface area is 131 Å². The number of hydrogen-bond donors (Lipinski definition) is 0. The third-order valence-corrected chi connectivity index (χ3v) is 4.69. The van der Waals surface area contributed by atoms with Gasteiger partial charge in [-0.1, -0.05) is 11.6 Å². The van der Waals surface area contributed by atoms with Gasteiger partial charge in [0.2, 0.25) is 5.91 Å². The predicted molar refractivity (Wildman–Crippen MR) is 84.3 cm³/mol. The molecule has 0 N–H and O–H groups in total. The van der Waals surface area contributed by atoms with E-state index in [9.17, 15) is 4.79 Å². The van der Waals surface area contributed by atoms with Crippen molar-refractivity contribution in [3.05, 3.63) is 30.1 Å². The minimum absolute atomic E-state index is 0.103. The van der Waals surface area contributed by atoms with Crippen LogP contribution in [0.5, 0.6) is 0 Å². The molecule has 1 saturated heterocycles. The summed E-state index contributed by atoms with van der Waals surface area (Å²) < 4.78 is 7.89. The van der Waals surface area contributed by atoms with Gasteiger partial charge in [-0.15, -0.1) is 0 Å². The van der Waals surface area contributed by atoms with Gasteiger partial charge in [0.15, 0.2) is 0 Å². The summed E-state index contributed by atoms with van der Waals surface area (Å²) in [5.74, 6) is 0.263. The number of nitrogens with zero attached hydrogens (tertiary/aromatic N) is 3. The molecule has 1 spiro atoms. The molecule has 120 valence electrons. The fraction of sp³-hybridized carbons (Fsp3) is 0.647. The number of ether oxygens (including phenoxy) is 1. The van der Waals surface area contributed by atoms with Crippen LogP contribution in [0, 0.1) is 0 Å². The van der Waals surface area contributed by atoms with Crippen molar-refractivity contribution in [3.63, 3.8) is 0 Å². The number of carbonyl (C=O) groups is 1. The predicted octanol–water partition coefficient (Wildman–Crippen LogP) is 2.39.